The summed E-state index contributed by atoms with van der Waals surface area (Å²) in [6, 6.07) is 16.2. The van der Waals surface area contributed by atoms with E-state index in [1.165, 1.54) is 6.07 Å². The average Bonchev–Trinajstić information content (AvgIpc) is 3.58. The number of halogens is 1. The van der Waals surface area contributed by atoms with Gasteiger partial charge in [0, 0.05) is 26.2 Å². The largest absolute Gasteiger partial charge is 0.493 e. The van der Waals surface area contributed by atoms with Crippen molar-refractivity contribution in [3.05, 3.63) is 83.8 Å². The minimum atomic E-state index is -0.248. The molecule has 10 heteroatoms. The third kappa shape index (κ3) is 4.69. The Kier molecular flexibility index (Phi) is 6.62. The van der Waals surface area contributed by atoms with E-state index in [1.807, 2.05) is 42.5 Å². The fraction of sp³-hybridized carbons (Fsp3) is 0.320. The normalized spacial score (nSPS) is 15.2. The van der Waals surface area contributed by atoms with Gasteiger partial charge in [-0.3, -0.25) is 4.90 Å². The number of furan rings is 1. The molecule has 0 saturated carbocycles. The van der Waals surface area contributed by atoms with Gasteiger partial charge in [0.1, 0.15) is 18.1 Å². The first kappa shape index (κ1) is 22.9. The monoisotopic (exact) mass is 478 g/mol. The molecule has 0 spiro atoms. The molecule has 2 aromatic heterocycles. The molecule has 9 nitrogen and oxygen atoms in total. The molecule has 35 heavy (non-hydrogen) atoms. The van der Waals surface area contributed by atoms with E-state index in [0.29, 0.717) is 55.7 Å². The van der Waals surface area contributed by atoms with Crippen molar-refractivity contribution in [3.63, 3.8) is 0 Å². The predicted molar refractivity (Wildman–Crippen MR) is 127 cm³/mol. The molecule has 0 aliphatic carbocycles. The molecular weight excluding hydrogens is 451 g/mol. The van der Waals surface area contributed by atoms with Crippen LogP contribution in [0.2, 0.25) is 0 Å². The third-order valence-electron chi connectivity index (χ3n) is 6.29. The van der Waals surface area contributed by atoms with Crippen LogP contribution in [0, 0.1) is 5.82 Å². The maximum atomic E-state index is 14.4. The number of hydrogen-bond donors (Lipinski definition) is 0. The maximum Gasteiger partial charge on any atom is 0.173 e. The summed E-state index contributed by atoms with van der Waals surface area (Å²) >= 11 is 0. The molecule has 0 amide bonds. The van der Waals surface area contributed by atoms with E-state index in [-0.39, 0.29) is 11.9 Å². The van der Waals surface area contributed by atoms with Crippen molar-refractivity contribution < 1.29 is 18.3 Å². The molecule has 1 aliphatic rings. The van der Waals surface area contributed by atoms with Crippen LogP contribution in [0.4, 0.5) is 10.1 Å². The number of aromatic nitrogens is 4. The Balaban J connectivity index is 1.47. The number of ether oxygens (including phenoxy) is 2. The second-order valence-corrected chi connectivity index (χ2v) is 8.27. The Bertz CT molecular complexity index is 1250. The molecule has 0 unspecified atom stereocenters. The van der Waals surface area contributed by atoms with Crippen molar-refractivity contribution in [1.29, 1.82) is 0 Å². The molecule has 182 valence electrons. The van der Waals surface area contributed by atoms with Crippen molar-refractivity contribution in [1.82, 2.24) is 25.1 Å². The van der Waals surface area contributed by atoms with Crippen LogP contribution in [0.25, 0.3) is 0 Å². The van der Waals surface area contributed by atoms with E-state index in [2.05, 4.69) is 25.3 Å². The third-order valence-corrected chi connectivity index (χ3v) is 6.29. The molecule has 0 radical (unpaired) electrons. The average molecular weight is 479 g/mol. The molecule has 1 fully saturated rings. The zero-order valence-electron chi connectivity index (χ0n) is 19.7. The number of para-hydroxylation sites is 1. The van der Waals surface area contributed by atoms with E-state index >= 15 is 0 Å². The quantitative estimate of drug-likeness (QED) is 0.381. The Morgan fingerprint density at radius 1 is 0.971 bits per heavy atom. The molecule has 4 aromatic rings. The van der Waals surface area contributed by atoms with E-state index < -0.39 is 0 Å². The van der Waals surface area contributed by atoms with Gasteiger partial charge in [-0.1, -0.05) is 18.2 Å². The van der Waals surface area contributed by atoms with Crippen LogP contribution in [-0.4, -0.2) is 65.5 Å². The second-order valence-electron chi connectivity index (χ2n) is 8.27. The highest BCUT2D eigenvalue weighted by atomic mass is 19.1. The summed E-state index contributed by atoms with van der Waals surface area (Å²) in [6.45, 7) is 3.14. The summed E-state index contributed by atoms with van der Waals surface area (Å²) < 4.78 is 32.7. The fourth-order valence-electron chi connectivity index (χ4n) is 4.55. The van der Waals surface area contributed by atoms with Crippen molar-refractivity contribution in [3.8, 4) is 11.5 Å². The van der Waals surface area contributed by atoms with Crippen molar-refractivity contribution >= 4 is 5.69 Å². The summed E-state index contributed by atoms with van der Waals surface area (Å²) in [5.41, 5.74) is 1.59. The summed E-state index contributed by atoms with van der Waals surface area (Å²) in [6.07, 6.45) is 1.63. The zero-order valence-corrected chi connectivity index (χ0v) is 19.7. The standard InChI is InChI=1S/C25H27FN6O3/c1-33-22-10-9-18(16-23(22)34-2)24(25-27-28-29-32(25)17-19-6-5-15-35-19)31-13-11-30(12-14-31)21-8-4-3-7-20(21)26/h3-10,15-16,24H,11-14,17H2,1-2H3/t24-/m0/s1. The predicted octanol–water partition coefficient (Wildman–Crippen LogP) is 3.38. The smallest absolute Gasteiger partial charge is 0.173 e. The van der Waals surface area contributed by atoms with Crippen LogP contribution in [0.3, 0.4) is 0 Å². The number of benzene rings is 2. The Morgan fingerprint density at radius 3 is 2.49 bits per heavy atom. The highest BCUT2D eigenvalue weighted by molar-refractivity contribution is 5.48. The van der Waals surface area contributed by atoms with Crippen LogP contribution in [0.1, 0.15) is 23.2 Å². The lowest BCUT2D eigenvalue weighted by atomic mass is 10.0. The summed E-state index contributed by atoms with van der Waals surface area (Å²) in [7, 11) is 3.23. The van der Waals surface area contributed by atoms with Crippen LogP contribution in [0.5, 0.6) is 11.5 Å². The number of methoxy groups -OCH3 is 2. The van der Waals surface area contributed by atoms with E-state index in [1.54, 1.807) is 31.2 Å². The second kappa shape index (κ2) is 10.1. The molecule has 1 atom stereocenters. The van der Waals surface area contributed by atoms with Crippen LogP contribution in [0.15, 0.2) is 65.3 Å². The molecule has 0 bridgehead atoms. The van der Waals surface area contributed by atoms with Gasteiger partial charge in [0.15, 0.2) is 17.3 Å². The van der Waals surface area contributed by atoms with Gasteiger partial charge < -0.3 is 18.8 Å². The van der Waals surface area contributed by atoms with Gasteiger partial charge >= 0.3 is 0 Å². The number of rotatable bonds is 8. The van der Waals surface area contributed by atoms with E-state index in [9.17, 15) is 4.39 Å². The van der Waals surface area contributed by atoms with Gasteiger partial charge in [0.05, 0.1) is 32.2 Å². The Morgan fingerprint density at radius 2 is 1.77 bits per heavy atom. The van der Waals surface area contributed by atoms with Gasteiger partial charge in [-0.05, 0) is 52.4 Å². The van der Waals surface area contributed by atoms with Crippen LogP contribution >= 0.6 is 0 Å². The van der Waals surface area contributed by atoms with Gasteiger partial charge in [0.2, 0.25) is 0 Å². The number of hydrogen-bond acceptors (Lipinski definition) is 8. The van der Waals surface area contributed by atoms with Gasteiger partial charge in [-0.2, -0.15) is 0 Å². The topological polar surface area (TPSA) is 81.7 Å². The van der Waals surface area contributed by atoms with Gasteiger partial charge in [-0.25, -0.2) is 9.07 Å². The minimum Gasteiger partial charge on any atom is -0.493 e. The van der Waals surface area contributed by atoms with Crippen LogP contribution < -0.4 is 14.4 Å². The summed E-state index contributed by atoms with van der Waals surface area (Å²) in [5, 5.41) is 12.6. The van der Waals surface area contributed by atoms with E-state index in [4.69, 9.17) is 13.9 Å². The summed E-state index contributed by atoms with van der Waals surface area (Å²) in [5.74, 6) is 2.52. The minimum absolute atomic E-state index is 0.209. The SMILES string of the molecule is COc1ccc([C@@H](c2nnnn2Cc2ccco2)N2CCN(c3ccccc3F)CC2)cc1OC. The number of tetrazole rings is 1. The molecule has 0 N–H and O–H groups in total. The number of anilines is 1. The van der Waals surface area contributed by atoms with Gasteiger partial charge in [-0.15, -0.1) is 5.10 Å². The van der Waals surface area contributed by atoms with Crippen molar-refractivity contribution in [2.45, 2.75) is 12.6 Å². The van der Waals surface area contributed by atoms with Crippen molar-refractivity contribution in [2.24, 2.45) is 0 Å². The molecule has 1 aliphatic heterocycles. The van der Waals surface area contributed by atoms with Gasteiger partial charge in [0.25, 0.3) is 0 Å². The number of piperazine rings is 1. The molecule has 5 rings (SSSR count). The lowest BCUT2D eigenvalue weighted by Crippen LogP contribution is -2.48. The maximum absolute atomic E-state index is 14.4. The molecule has 3 heterocycles. The highest BCUT2D eigenvalue weighted by Crippen LogP contribution is 2.35. The number of nitrogens with zero attached hydrogens (tertiary/aromatic N) is 6. The zero-order chi connectivity index (χ0) is 24.2. The molecular formula is C25H27FN6O3. The Hall–Kier alpha value is -3.92. The first-order chi connectivity index (χ1) is 17.2. The molecule has 1 saturated heterocycles. The first-order valence-electron chi connectivity index (χ1n) is 11.4. The molecule has 2 aromatic carbocycles. The first-order valence-corrected chi connectivity index (χ1v) is 11.4. The lowest BCUT2D eigenvalue weighted by Gasteiger charge is -2.40. The van der Waals surface area contributed by atoms with Crippen LogP contribution in [-0.2, 0) is 6.54 Å². The van der Waals surface area contributed by atoms with E-state index in [0.717, 1.165) is 11.3 Å². The van der Waals surface area contributed by atoms with Crippen molar-refractivity contribution in [2.75, 3.05) is 45.3 Å². The Labute approximate surface area is 202 Å². The fourth-order valence-corrected chi connectivity index (χ4v) is 4.55. The highest BCUT2D eigenvalue weighted by Gasteiger charge is 2.32. The summed E-state index contributed by atoms with van der Waals surface area (Å²) in [4.78, 5) is 4.38. The lowest BCUT2D eigenvalue weighted by molar-refractivity contribution is 0.200.